The molecule has 4 heteroatoms. The second-order valence-corrected chi connectivity index (χ2v) is 3.53. The molecule has 0 heterocycles. The van der Waals surface area contributed by atoms with Crippen LogP contribution in [0.25, 0.3) is 0 Å². The fourth-order valence-electron chi connectivity index (χ4n) is 0.810. The van der Waals surface area contributed by atoms with E-state index in [1.54, 1.807) is 20.8 Å². The first-order chi connectivity index (χ1) is 10.1. The van der Waals surface area contributed by atoms with Gasteiger partial charge in [0.2, 0.25) is 0 Å². The summed E-state index contributed by atoms with van der Waals surface area (Å²) < 4.78 is 0. The minimum Gasteiger partial charge on any atom is -0.397 e. The standard InChI is InChI=1S/C7H7.C5H5.3C2H6O.Ti/c1-7-5-3-2-4-6-7;1-2-4-5-3-1;3*1-2-3;/h3-6H,1H3;1-3H,4H2;3*3H,2H2,1H3;/q2*-1;;;;+2. The van der Waals surface area contributed by atoms with Crippen LogP contribution >= 0.6 is 0 Å². The van der Waals surface area contributed by atoms with E-state index in [-0.39, 0.29) is 41.5 Å². The summed E-state index contributed by atoms with van der Waals surface area (Å²) in [4.78, 5) is 0. The monoisotopic (exact) mass is 342 g/mol. The number of benzene rings is 1. The Bertz CT molecular complexity index is 297. The van der Waals surface area contributed by atoms with Crippen molar-refractivity contribution >= 4 is 0 Å². The molecule has 0 atom stereocenters. The van der Waals surface area contributed by atoms with Gasteiger partial charge in [-0.2, -0.15) is 42.0 Å². The molecular formula is C18H30O3Ti. The van der Waals surface area contributed by atoms with E-state index in [0.717, 1.165) is 6.42 Å². The molecule has 124 valence electrons. The molecule has 0 spiro atoms. The summed E-state index contributed by atoms with van der Waals surface area (Å²) in [5.74, 6) is 0. The van der Waals surface area contributed by atoms with Crippen LogP contribution in [0.4, 0.5) is 0 Å². The minimum atomic E-state index is 0. The van der Waals surface area contributed by atoms with Crippen molar-refractivity contribution in [1.82, 2.24) is 0 Å². The molecule has 0 amide bonds. The van der Waals surface area contributed by atoms with Crippen LogP contribution in [0, 0.1) is 19.1 Å². The molecule has 0 saturated heterocycles. The van der Waals surface area contributed by atoms with Crippen LogP contribution in [0.5, 0.6) is 0 Å². The van der Waals surface area contributed by atoms with Gasteiger partial charge in [0, 0.05) is 19.8 Å². The molecule has 0 saturated carbocycles. The van der Waals surface area contributed by atoms with E-state index in [0.29, 0.717) is 0 Å². The van der Waals surface area contributed by atoms with Crippen LogP contribution in [0.1, 0.15) is 32.8 Å². The predicted molar refractivity (Wildman–Crippen MR) is 89.9 cm³/mol. The second kappa shape index (κ2) is 32.3. The largest absolute Gasteiger partial charge is 2.00 e. The average Bonchev–Trinajstić information content (AvgIpc) is 3.01. The fourth-order valence-corrected chi connectivity index (χ4v) is 0.810. The van der Waals surface area contributed by atoms with E-state index in [2.05, 4.69) is 25.1 Å². The molecule has 0 fully saturated rings. The van der Waals surface area contributed by atoms with Gasteiger partial charge in [-0.3, -0.25) is 6.08 Å². The van der Waals surface area contributed by atoms with Crippen molar-refractivity contribution in [3.8, 4) is 0 Å². The van der Waals surface area contributed by atoms with Gasteiger partial charge < -0.3 is 15.3 Å². The van der Waals surface area contributed by atoms with Crippen LogP contribution in [-0.2, 0) is 21.7 Å². The van der Waals surface area contributed by atoms with Crippen LogP contribution in [0.2, 0.25) is 0 Å². The molecule has 1 aliphatic rings. The first kappa shape index (κ1) is 29.3. The molecule has 0 bridgehead atoms. The number of aryl methyl sites for hydroxylation is 1. The first-order valence-corrected chi connectivity index (χ1v) is 7.11. The molecule has 0 radical (unpaired) electrons. The maximum Gasteiger partial charge on any atom is 2.00 e. The Kier molecular flexibility index (Phi) is 43.0. The van der Waals surface area contributed by atoms with Gasteiger partial charge in [0.05, 0.1) is 0 Å². The zero-order chi connectivity index (χ0) is 16.8. The molecule has 0 aliphatic heterocycles. The summed E-state index contributed by atoms with van der Waals surface area (Å²) in [5.41, 5.74) is 1.29. The van der Waals surface area contributed by atoms with E-state index < -0.39 is 0 Å². The normalized spacial score (nSPS) is 9.23. The van der Waals surface area contributed by atoms with Crippen LogP contribution in [0.15, 0.2) is 42.5 Å². The van der Waals surface area contributed by atoms with Crippen LogP contribution < -0.4 is 0 Å². The Labute approximate surface area is 151 Å². The minimum absolute atomic E-state index is 0. The van der Waals surface area contributed by atoms with Crippen molar-refractivity contribution in [2.75, 3.05) is 19.8 Å². The summed E-state index contributed by atoms with van der Waals surface area (Å²) in [6.07, 6.45) is 10.0. The zero-order valence-corrected chi connectivity index (χ0v) is 15.8. The molecule has 3 nitrogen and oxygen atoms in total. The number of aliphatic hydroxyl groups excluding tert-OH is 3. The smallest absolute Gasteiger partial charge is 0.397 e. The molecule has 1 aromatic carbocycles. The van der Waals surface area contributed by atoms with Gasteiger partial charge in [-0.25, -0.2) is 12.2 Å². The maximum absolute atomic E-state index is 7.57. The van der Waals surface area contributed by atoms with Gasteiger partial charge in [0.25, 0.3) is 0 Å². The Hall–Kier alpha value is -0.706. The Balaban J connectivity index is -0.0000000969. The Morgan fingerprint density at radius 2 is 1.36 bits per heavy atom. The van der Waals surface area contributed by atoms with E-state index in [4.69, 9.17) is 15.3 Å². The fraction of sp³-hybridized carbons (Fsp3) is 0.444. The van der Waals surface area contributed by atoms with Crippen molar-refractivity contribution in [3.05, 3.63) is 60.2 Å². The molecule has 1 aromatic rings. The summed E-state index contributed by atoms with van der Waals surface area (Å²) in [7, 11) is 0. The van der Waals surface area contributed by atoms with Gasteiger partial charge in [0.1, 0.15) is 0 Å². The van der Waals surface area contributed by atoms with E-state index in [1.165, 1.54) is 5.56 Å². The van der Waals surface area contributed by atoms with Crippen molar-refractivity contribution in [2.24, 2.45) is 0 Å². The molecular weight excluding hydrogens is 312 g/mol. The SMILES string of the molecule is CCO.CCO.CCO.Cc1cc[c-]cc1.[C-]1=CC=CC1.[Ti+2]. The van der Waals surface area contributed by atoms with Crippen molar-refractivity contribution < 1.29 is 37.0 Å². The predicted octanol–water partition coefficient (Wildman–Crippen LogP) is 3.09. The molecule has 1 aliphatic carbocycles. The summed E-state index contributed by atoms with van der Waals surface area (Å²) in [6, 6.07) is 10.8. The number of aliphatic hydroxyl groups is 3. The van der Waals surface area contributed by atoms with Gasteiger partial charge in [-0.1, -0.05) is 6.92 Å². The zero-order valence-electron chi connectivity index (χ0n) is 14.2. The van der Waals surface area contributed by atoms with Gasteiger partial charge in [-0.05, 0) is 20.8 Å². The van der Waals surface area contributed by atoms with Crippen molar-refractivity contribution in [1.29, 1.82) is 0 Å². The first-order valence-electron chi connectivity index (χ1n) is 7.11. The summed E-state index contributed by atoms with van der Waals surface area (Å²) in [5, 5.41) is 22.7. The third-order valence-electron chi connectivity index (χ3n) is 1.47. The Morgan fingerprint density at radius 3 is 1.50 bits per heavy atom. The van der Waals surface area contributed by atoms with Crippen LogP contribution in [-0.4, -0.2) is 35.1 Å². The quantitative estimate of drug-likeness (QED) is 0.502. The Morgan fingerprint density at radius 1 is 0.955 bits per heavy atom. The maximum atomic E-state index is 7.57. The van der Waals surface area contributed by atoms with Crippen LogP contribution in [0.3, 0.4) is 0 Å². The van der Waals surface area contributed by atoms with E-state index in [1.807, 2.05) is 36.4 Å². The van der Waals surface area contributed by atoms with Gasteiger partial charge >= 0.3 is 21.7 Å². The third kappa shape index (κ3) is 42.7. The number of hydrogen-bond donors (Lipinski definition) is 3. The van der Waals surface area contributed by atoms with Gasteiger partial charge in [-0.15, -0.1) is 6.42 Å². The molecule has 2 rings (SSSR count). The van der Waals surface area contributed by atoms with E-state index >= 15 is 0 Å². The second-order valence-electron chi connectivity index (χ2n) is 3.53. The molecule has 22 heavy (non-hydrogen) atoms. The summed E-state index contributed by atoms with van der Waals surface area (Å²) in [6.45, 7) is 7.86. The number of allylic oxidation sites excluding steroid dienone is 4. The van der Waals surface area contributed by atoms with Crippen molar-refractivity contribution in [2.45, 2.75) is 34.1 Å². The average molecular weight is 342 g/mol. The molecule has 0 aromatic heterocycles. The van der Waals surface area contributed by atoms with Gasteiger partial charge in [0.15, 0.2) is 0 Å². The molecule has 0 unspecified atom stereocenters. The molecule has 3 N–H and O–H groups in total. The number of rotatable bonds is 0. The third-order valence-corrected chi connectivity index (χ3v) is 1.47. The summed E-state index contributed by atoms with van der Waals surface area (Å²) >= 11 is 0. The topological polar surface area (TPSA) is 60.7 Å². The van der Waals surface area contributed by atoms with E-state index in [9.17, 15) is 0 Å². The van der Waals surface area contributed by atoms with Crippen molar-refractivity contribution in [3.63, 3.8) is 0 Å². The number of hydrogen-bond acceptors (Lipinski definition) is 3.